The normalized spacial score (nSPS) is 22.2. The predicted molar refractivity (Wildman–Crippen MR) is 147 cm³/mol. The van der Waals surface area contributed by atoms with Gasteiger partial charge in [0.1, 0.15) is 11.9 Å². The number of aliphatic carboxylic acids is 1. The molecule has 2 unspecified atom stereocenters. The van der Waals surface area contributed by atoms with Gasteiger partial charge in [-0.2, -0.15) is 4.31 Å². The third-order valence-electron chi connectivity index (χ3n) is 8.58. The molecule has 1 aromatic heterocycles. The highest BCUT2D eigenvalue weighted by molar-refractivity contribution is 7.88. The molecule has 3 aliphatic rings. The zero-order valence-electron chi connectivity index (χ0n) is 22.8. The van der Waals surface area contributed by atoms with E-state index in [-0.39, 0.29) is 29.8 Å². The highest BCUT2D eigenvalue weighted by Gasteiger charge is 2.44. The van der Waals surface area contributed by atoms with Gasteiger partial charge in [-0.3, -0.25) is 9.59 Å². The molecule has 1 aliphatic heterocycles. The molecule has 210 valence electrons. The molecular formula is C29H37N3O6S. The SMILES string of the molecule is CNC(=O)c1c(-c2ccc(C)cc2)oc2c1=CC(C1CC1)C(N(CCCC1(C(=O)O)CCCC1)S(C)(=O)=O)N=2. The van der Waals surface area contributed by atoms with E-state index in [9.17, 15) is 23.1 Å². The number of benzene rings is 1. The standard InChI is InChI=1S/C29H37N3O6S/c1-18-7-9-20(10-8-18)24-23(26(33)30-2)22-17-21(19-11-12-19)25(31-27(22)38-24)32(39(3,36)37)16-6-15-29(28(34)35)13-4-5-14-29/h7-10,17,19,21,25H,4-6,11-16H2,1-3H3,(H,30,33)(H,34,35). The number of furan rings is 1. The number of amides is 1. The molecule has 2 aliphatic carbocycles. The van der Waals surface area contributed by atoms with Crippen molar-refractivity contribution >= 4 is 28.0 Å². The summed E-state index contributed by atoms with van der Waals surface area (Å²) >= 11 is 0. The first kappa shape index (κ1) is 27.6. The van der Waals surface area contributed by atoms with Gasteiger partial charge in [0.2, 0.25) is 15.6 Å². The maximum absolute atomic E-state index is 13.1. The number of sulfonamides is 1. The van der Waals surface area contributed by atoms with Crippen LogP contribution in [0.15, 0.2) is 33.7 Å². The van der Waals surface area contributed by atoms with E-state index >= 15 is 0 Å². The van der Waals surface area contributed by atoms with Crippen LogP contribution in [0.25, 0.3) is 17.4 Å². The first-order valence-electron chi connectivity index (χ1n) is 13.8. The number of hydrogen-bond acceptors (Lipinski definition) is 6. The van der Waals surface area contributed by atoms with Crippen LogP contribution in [0.4, 0.5) is 0 Å². The summed E-state index contributed by atoms with van der Waals surface area (Å²) in [5, 5.41) is 13.2. The number of hydrogen-bond donors (Lipinski definition) is 2. The summed E-state index contributed by atoms with van der Waals surface area (Å²) in [6.07, 6.45) is 8.27. The van der Waals surface area contributed by atoms with Crippen molar-refractivity contribution in [1.29, 1.82) is 0 Å². The number of rotatable bonds is 10. The number of carbonyl (C=O) groups excluding carboxylic acids is 1. The lowest BCUT2D eigenvalue weighted by Gasteiger charge is -2.33. The third-order valence-corrected chi connectivity index (χ3v) is 9.83. The Kier molecular flexibility index (Phi) is 7.45. The second-order valence-electron chi connectivity index (χ2n) is 11.4. The van der Waals surface area contributed by atoms with Crippen LogP contribution in [0.2, 0.25) is 0 Å². The summed E-state index contributed by atoms with van der Waals surface area (Å²) < 4.78 is 33.8. The van der Waals surface area contributed by atoms with E-state index in [1.807, 2.05) is 37.3 Å². The summed E-state index contributed by atoms with van der Waals surface area (Å²) in [5.41, 5.74) is 1.70. The Bertz CT molecular complexity index is 1480. The Labute approximate surface area is 229 Å². The highest BCUT2D eigenvalue weighted by Crippen LogP contribution is 2.44. The smallest absolute Gasteiger partial charge is 0.309 e. The number of carboxylic acid groups (broad SMARTS) is 1. The molecule has 2 aromatic rings. The average molecular weight is 556 g/mol. The van der Waals surface area contributed by atoms with Gasteiger partial charge in [-0.05, 0) is 51.4 Å². The summed E-state index contributed by atoms with van der Waals surface area (Å²) in [5.74, 6) is -0.621. The quantitative estimate of drug-likeness (QED) is 0.464. The van der Waals surface area contributed by atoms with Gasteiger partial charge in [0, 0.05) is 30.3 Å². The second kappa shape index (κ2) is 10.5. The van der Waals surface area contributed by atoms with Crippen LogP contribution in [-0.4, -0.2) is 55.7 Å². The minimum absolute atomic E-state index is 0.183. The first-order chi connectivity index (χ1) is 18.5. The summed E-state index contributed by atoms with van der Waals surface area (Å²) in [7, 11) is -2.10. The van der Waals surface area contributed by atoms with Crippen molar-refractivity contribution in [3.05, 3.63) is 46.2 Å². The molecule has 1 aromatic carbocycles. The first-order valence-corrected chi connectivity index (χ1v) is 15.6. The molecule has 0 spiro atoms. The summed E-state index contributed by atoms with van der Waals surface area (Å²) in [6.45, 7) is 2.16. The molecule has 0 bridgehead atoms. The lowest BCUT2D eigenvalue weighted by molar-refractivity contribution is -0.149. The van der Waals surface area contributed by atoms with E-state index < -0.39 is 27.6 Å². The maximum atomic E-state index is 13.1. The Hall–Kier alpha value is -2.98. The lowest BCUT2D eigenvalue weighted by atomic mass is 9.81. The van der Waals surface area contributed by atoms with Crippen molar-refractivity contribution in [3.63, 3.8) is 0 Å². The second-order valence-corrected chi connectivity index (χ2v) is 13.3. The van der Waals surface area contributed by atoms with Crippen LogP contribution < -0.4 is 16.1 Å². The van der Waals surface area contributed by atoms with E-state index in [4.69, 9.17) is 9.41 Å². The van der Waals surface area contributed by atoms with E-state index in [1.165, 1.54) is 10.6 Å². The van der Waals surface area contributed by atoms with E-state index in [0.29, 0.717) is 42.2 Å². The Morgan fingerprint density at radius 1 is 1.18 bits per heavy atom. The van der Waals surface area contributed by atoms with Gasteiger partial charge >= 0.3 is 5.97 Å². The van der Waals surface area contributed by atoms with Gasteiger partial charge < -0.3 is 14.8 Å². The monoisotopic (exact) mass is 555 g/mol. The van der Waals surface area contributed by atoms with Crippen molar-refractivity contribution in [2.75, 3.05) is 19.8 Å². The molecule has 0 radical (unpaired) electrons. The molecule has 2 atom stereocenters. The number of nitrogens with zero attached hydrogens (tertiary/aromatic N) is 2. The number of nitrogens with one attached hydrogen (secondary N) is 1. The number of carbonyl (C=O) groups is 2. The Balaban J connectivity index is 1.54. The Morgan fingerprint density at radius 2 is 1.85 bits per heavy atom. The summed E-state index contributed by atoms with van der Waals surface area (Å²) in [6, 6.07) is 7.68. The molecule has 1 amide bonds. The molecule has 5 rings (SSSR count). The molecule has 39 heavy (non-hydrogen) atoms. The van der Waals surface area contributed by atoms with Crippen LogP contribution in [0.3, 0.4) is 0 Å². The fourth-order valence-electron chi connectivity index (χ4n) is 6.23. The van der Waals surface area contributed by atoms with Crippen LogP contribution >= 0.6 is 0 Å². The van der Waals surface area contributed by atoms with Crippen molar-refractivity contribution in [1.82, 2.24) is 9.62 Å². The largest absolute Gasteiger partial charge is 0.481 e. The van der Waals surface area contributed by atoms with Crippen molar-refractivity contribution in [2.45, 2.75) is 64.5 Å². The molecule has 0 saturated heterocycles. The molecule has 2 saturated carbocycles. The molecule has 2 fully saturated rings. The van der Waals surface area contributed by atoms with E-state index in [2.05, 4.69) is 5.32 Å². The van der Waals surface area contributed by atoms with Crippen molar-refractivity contribution < 1.29 is 27.5 Å². The highest BCUT2D eigenvalue weighted by atomic mass is 32.2. The topological polar surface area (TPSA) is 129 Å². The molecular weight excluding hydrogens is 518 g/mol. The zero-order valence-corrected chi connectivity index (χ0v) is 23.6. The number of aryl methyl sites for hydroxylation is 1. The average Bonchev–Trinajstić information content (AvgIpc) is 3.50. The van der Waals surface area contributed by atoms with E-state index in [1.54, 1.807) is 7.05 Å². The van der Waals surface area contributed by atoms with Crippen LogP contribution in [-0.2, 0) is 14.8 Å². The van der Waals surface area contributed by atoms with Gasteiger partial charge in [0.15, 0.2) is 0 Å². The van der Waals surface area contributed by atoms with Crippen molar-refractivity contribution in [3.8, 4) is 11.3 Å². The maximum Gasteiger partial charge on any atom is 0.309 e. The third kappa shape index (κ3) is 5.41. The molecule has 9 nitrogen and oxygen atoms in total. The van der Waals surface area contributed by atoms with Gasteiger partial charge in [-0.15, -0.1) is 0 Å². The zero-order chi connectivity index (χ0) is 27.9. The van der Waals surface area contributed by atoms with Crippen LogP contribution in [0.1, 0.15) is 67.3 Å². The van der Waals surface area contributed by atoms with Crippen LogP contribution in [0.5, 0.6) is 0 Å². The fraction of sp³-hybridized carbons (Fsp3) is 0.552. The molecule has 2 N–H and O–H groups in total. The van der Waals surface area contributed by atoms with Gasteiger partial charge in [-0.1, -0.05) is 48.7 Å². The predicted octanol–water partition coefficient (Wildman–Crippen LogP) is 3.07. The number of fused-ring (bicyclic) bond motifs is 1. The number of carboxylic acids is 1. The Morgan fingerprint density at radius 3 is 2.41 bits per heavy atom. The van der Waals surface area contributed by atoms with Gasteiger partial charge in [0.05, 0.1) is 17.2 Å². The lowest BCUT2D eigenvalue weighted by Crippen LogP contribution is -2.49. The van der Waals surface area contributed by atoms with Crippen molar-refractivity contribution in [2.24, 2.45) is 22.2 Å². The molecule has 2 heterocycles. The molecule has 10 heteroatoms. The van der Waals surface area contributed by atoms with Gasteiger partial charge in [-0.25, -0.2) is 13.4 Å². The fourth-order valence-corrected chi connectivity index (χ4v) is 7.27. The van der Waals surface area contributed by atoms with Gasteiger partial charge in [0.25, 0.3) is 5.91 Å². The minimum Gasteiger partial charge on any atom is -0.481 e. The van der Waals surface area contributed by atoms with Crippen LogP contribution in [0, 0.1) is 24.2 Å². The summed E-state index contributed by atoms with van der Waals surface area (Å²) in [4.78, 5) is 29.9. The minimum atomic E-state index is -3.67. The van der Waals surface area contributed by atoms with E-state index in [0.717, 1.165) is 36.8 Å².